The van der Waals surface area contributed by atoms with E-state index < -0.39 is 11.7 Å². The van der Waals surface area contributed by atoms with Gasteiger partial charge in [-0.25, -0.2) is 0 Å². The highest BCUT2D eigenvalue weighted by Crippen LogP contribution is 2.21. The minimum atomic E-state index is -0.984. The summed E-state index contributed by atoms with van der Waals surface area (Å²) in [5, 5.41) is 22.1. The maximum atomic E-state index is 12.4. The first-order valence-electron chi connectivity index (χ1n) is 7.85. The van der Waals surface area contributed by atoms with Crippen LogP contribution in [0.2, 0.25) is 0 Å². The van der Waals surface area contributed by atoms with Gasteiger partial charge in [0.1, 0.15) is 11.8 Å². The van der Waals surface area contributed by atoms with E-state index in [-0.39, 0.29) is 24.3 Å². The molecule has 126 valence electrons. The monoisotopic (exact) mass is 318 g/mol. The van der Waals surface area contributed by atoms with Gasteiger partial charge in [0.05, 0.1) is 11.2 Å². The van der Waals surface area contributed by atoms with Crippen molar-refractivity contribution in [2.24, 2.45) is 11.8 Å². The summed E-state index contributed by atoms with van der Waals surface area (Å²) in [7, 11) is 0. The Morgan fingerprint density at radius 1 is 1.35 bits per heavy atom. The molecule has 0 bridgehead atoms. The number of aliphatic hydroxyl groups is 1. The molecule has 5 nitrogen and oxygen atoms in total. The van der Waals surface area contributed by atoms with E-state index in [9.17, 15) is 9.90 Å². The summed E-state index contributed by atoms with van der Waals surface area (Å²) in [6.07, 6.45) is -0.729. The summed E-state index contributed by atoms with van der Waals surface area (Å²) in [4.78, 5) is 12.4. The Morgan fingerprint density at radius 2 is 1.96 bits per heavy atom. The molecule has 0 saturated heterocycles. The Morgan fingerprint density at radius 3 is 2.48 bits per heavy atom. The number of para-hydroxylation sites is 1. The smallest absolute Gasteiger partial charge is 0.261 e. The molecule has 1 aromatic carbocycles. The number of hydrogen-bond acceptors (Lipinski definition) is 4. The van der Waals surface area contributed by atoms with E-state index in [0.29, 0.717) is 11.3 Å². The highest BCUT2D eigenvalue weighted by Gasteiger charge is 2.29. The van der Waals surface area contributed by atoms with Crippen LogP contribution >= 0.6 is 0 Å². The predicted octanol–water partition coefficient (Wildman–Crippen LogP) is 2.48. The summed E-state index contributed by atoms with van der Waals surface area (Å²) in [5.74, 6) is 0.0272. The number of carbonyl (C=O) groups is 1. The first-order chi connectivity index (χ1) is 10.7. The molecule has 2 atom stereocenters. The fourth-order valence-corrected chi connectivity index (χ4v) is 1.86. The molecule has 0 aliphatic carbocycles. The second kappa shape index (κ2) is 7.98. The van der Waals surface area contributed by atoms with Gasteiger partial charge in [0.15, 0.2) is 6.10 Å². The van der Waals surface area contributed by atoms with Gasteiger partial charge in [-0.05, 0) is 30.9 Å². The van der Waals surface area contributed by atoms with Crippen LogP contribution in [0.5, 0.6) is 5.75 Å². The van der Waals surface area contributed by atoms with Crippen LogP contribution in [0.4, 0.5) is 0 Å². The number of benzene rings is 1. The van der Waals surface area contributed by atoms with Gasteiger partial charge in [-0.3, -0.25) is 4.79 Å². The molecule has 0 saturated carbocycles. The zero-order chi connectivity index (χ0) is 17.6. The Labute approximate surface area is 138 Å². The van der Waals surface area contributed by atoms with Crippen LogP contribution in [0.3, 0.4) is 0 Å². The van der Waals surface area contributed by atoms with E-state index in [4.69, 9.17) is 10.00 Å². The van der Waals surface area contributed by atoms with E-state index in [1.54, 1.807) is 31.2 Å². The van der Waals surface area contributed by atoms with Crippen molar-refractivity contribution in [2.75, 3.05) is 6.54 Å². The van der Waals surface area contributed by atoms with Crippen molar-refractivity contribution < 1.29 is 14.6 Å². The second-order valence-corrected chi connectivity index (χ2v) is 6.62. The second-order valence-electron chi connectivity index (χ2n) is 6.62. The van der Waals surface area contributed by atoms with Gasteiger partial charge >= 0.3 is 0 Å². The summed E-state index contributed by atoms with van der Waals surface area (Å²) in [6, 6.07) is 8.88. The van der Waals surface area contributed by atoms with Crippen molar-refractivity contribution in [1.29, 1.82) is 5.26 Å². The third-order valence-corrected chi connectivity index (χ3v) is 3.99. The van der Waals surface area contributed by atoms with Gasteiger partial charge in [0.2, 0.25) is 0 Å². The molecule has 23 heavy (non-hydrogen) atoms. The molecule has 2 unspecified atom stereocenters. The van der Waals surface area contributed by atoms with Gasteiger partial charge < -0.3 is 15.2 Å². The van der Waals surface area contributed by atoms with E-state index in [1.807, 2.05) is 27.7 Å². The third-order valence-electron chi connectivity index (χ3n) is 3.99. The lowest BCUT2D eigenvalue weighted by atomic mass is 9.92. The minimum absolute atomic E-state index is 0.0144. The van der Waals surface area contributed by atoms with Gasteiger partial charge in [-0.15, -0.1) is 0 Å². The maximum absolute atomic E-state index is 12.4. The zero-order valence-electron chi connectivity index (χ0n) is 14.5. The molecule has 0 fully saturated rings. The molecule has 0 heterocycles. The summed E-state index contributed by atoms with van der Waals surface area (Å²) >= 11 is 0. The number of hydrogen-bond donors (Lipinski definition) is 2. The molecule has 1 amide bonds. The van der Waals surface area contributed by atoms with Crippen LogP contribution < -0.4 is 10.1 Å². The van der Waals surface area contributed by atoms with Crippen LogP contribution in [-0.4, -0.2) is 29.3 Å². The molecule has 0 radical (unpaired) electrons. The number of nitrogens with one attached hydrogen (secondary N) is 1. The molecule has 0 aliphatic heterocycles. The van der Waals surface area contributed by atoms with Crippen LogP contribution in [-0.2, 0) is 4.79 Å². The molecular formula is C18H26N2O3. The van der Waals surface area contributed by atoms with Crippen LogP contribution in [0, 0.1) is 23.2 Å². The van der Waals surface area contributed by atoms with Gasteiger partial charge in [-0.1, -0.05) is 39.8 Å². The maximum Gasteiger partial charge on any atom is 0.261 e. The molecule has 0 aliphatic rings. The van der Waals surface area contributed by atoms with E-state index in [2.05, 4.69) is 11.4 Å². The predicted molar refractivity (Wildman–Crippen MR) is 88.9 cm³/mol. The molecule has 5 heteroatoms. The molecule has 1 aromatic rings. The highest BCUT2D eigenvalue weighted by molar-refractivity contribution is 5.81. The first-order valence-corrected chi connectivity index (χ1v) is 7.85. The fourth-order valence-electron chi connectivity index (χ4n) is 1.86. The van der Waals surface area contributed by atoms with Crippen molar-refractivity contribution >= 4 is 5.91 Å². The number of nitrogens with zero attached hydrogens (tertiary/aromatic N) is 1. The zero-order valence-corrected chi connectivity index (χ0v) is 14.5. The SMILES string of the molecule is CC(C)C(Oc1ccccc1C#N)C(=O)NCC(C)(O)C(C)C. The summed E-state index contributed by atoms with van der Waals surface area (Å²) in [6.45, 7) is 9.38. The molecule has 0 spiro atoms. The van der Waals surface area contributed by atoms with Crippen LogP contribution in [0.1, 0.15) is 40.2 Å². The van der Waals surface area contributed by atoms with Crippen molar-refractivity contribution in [3.63, 3.8) is 0 Å². The van der Waals surface area contributed by atoms with Gasteiger partial charge in [0, 0.05) is 6.54 Å². The number of ether oxygens (including phenoxy) is 1. The highest BCUT2D eigenvalue weighted by atomic mass is 16.5. The third kappa shape index (κ3) is 5.26. The average molecular weight is 318 g/mol. The van der Waals surface area contributed by atoms with Crippen molar-refractivity contribution in [1.82, 2.24) is 5.32 Å². The lowest BCUT2D eigenvalue weighted by Gasteiger charge is -2.29. The Bertz CT molecular complexity index is 574. The fraction of sp³-hybridized carbons (Fsp3) is 0.556. The normalized spacial score (nSPS) is 14.9. The minimum Gasteiger partial charge on any atom is -0.479 e. The van der Waals surface area contributed by atoms with E-state index >= 15 is 0 Å². The van der Waals surface area contributed by atoms with Crippen LogP contribution in [0.15, 0.2) is 24.3 Å². The summed E-state index contributed by atoms with van der Waals surface area (Å²) in [5.41, 5.74) is -0.595. The van der Waals surface area contributed by atoms with Crippen molar-refractivity contribution in [3.05, 3.63) is 29.8 Å². The lowest BCUT2D eigenvalue weighted by Crippen LogP contribution is -2.49. The number of nitriles is 1. The summed E-state index contributed by atoms with van der Waals surface area (Å²) < 4.78 is 5.77. The standard InChI is InChI=1S/C18H26N2O3/c1-12(2)16(17(21)20-11-18(5,22)13(3)4)23-15-9-7-6-8-14(15)10-19/h6-9,12-13,16,22H,11H2,1-5H3,(H,20,21). The van der Waals surface area contributed by atoms with E-state index in [0.717, 1.165) is 0 Å². The number of carbonyl (C=O) groups excluding carboxylic acids is 1. The van der Waals surface area contributed by atoms with Crippen LogP contribution in [0.25, 0.3) is 0 Å². The quantitative estimate of drug-likeness (QED) is 0.809. The molecule has 2 N–H and O–H groups in total. The lowest BCUT2D eigenvalue weighted by molar-refractivity contribution is -0.131. The first kappa shape index (κ1) is 19.0. The van der Waals surface area contributed by atoms with E-state index in [1.165, 1.54) is 0 Å². The molecular weight excluding hydrogens is 292 g/mol. The topological polar surface area (TPSA) is 82.3 Å². The molecule has 1 rings (SSSR count). The Hall–Kier alpha value is -2.06. The van der Waals surface area contributed by atoms with Crippen molar-refractivity contribution in [2.45, 2.75) is 46.3 Å². The largest absolute Gasteiger partial charge is 0.479 e. The number of rotatable bonds is 7. The molecule has 0 aromatic heterocycles. The average Bonchev–Trinajstić information content (AvgIpc) is 2.50. The van der Waals surface area contributed by atoms with Gasteiger partial charge in [-0.2, -0.15) is 5.26 Å². The number of amides is 1. The Balaban J connectivity index is 2.83. The van der Waals surface area contributed by atoms with Gasteiger partial charge in [0.25, 0.3) is 5.91 Å². The van der Waals surface area contributed by atoms with Crippen molar-refractivity contribution in [3.8, 4) is 11.8 Å². The Kier molecular flexibility index (Phi) is 6.59.